The molecule has 4 aromatic rings. The van der Waals surface area contributed by atoms with Crippen molar-refractivity contribution in [3.05, 3.63) is 95.3 Å². The van der Waals surface area contributed by atoms with E-state index in [1.165, 1.54) is 12.1 Å². The lowest BCUT2D eigenvalue weighted by molar-refractivity contribution is 0.344. The second kappa shape index (κ2) is 9.78. The quantitative estimate of drug-likeness (QED) is 0.251. The van der Waals surface area contributed by atoms with Crippen LogP contribution >= 0.6 is 23.4 Å². The van der Waals surface area contributed by atoms with Crippen molar-refractivity contribution in [2.24, 2.45) is 0 Å². The van der Waals surface area contributed by atoms with Gasteiger partial charge in [-0.15, -0.1) is 10.2 Å². The van der Waals surface area contributed by atoms with Gasteiger partial charge in [-0.3, -0.25) is 4.57 Å². The standard InChI is InChI=1S/C23H19ClFN3OS/c24-19-8-12-21(13-9-19)29-14-15-30-23-27-26-22(18-6-10-20(25)11-7-18)28(23)16-17-4-2-1-3-5-17/h1-13H,14-16H2. The predicted molar refractivity (Wildman–Crippen MR) is 119 cm³/mol. The summed E-state index contributed by atoms with van der Waals surface area (Å²) in [6.45, 7) is 1.15. The van der Waals surface area contributed by atoms with Crippen molar-refractivity contribution in [2.75, 3.05) is 12.4 Å². The first-order valence-corrected chi connectivity index (χ1v) is 10.8. The number of hydrogen-bond acceptors (Lipinski definition) is 4. The minimum Gasteiger partial charge on any atom is -0.493 e. The van der Waals surface area contributed by atoms with Crippen LogP contribution in [0.3, 0.4) is 0 Å². The van der Waals surface area contributed by atoms with Crippen LogP contribution in [0, 0.1) is 5.82 Å². The molecule has 0 unspecified atom stereocenters. The molecule has 0 aliphatic heterocycles. The summed E-state index contributed by atoms with van der Waals surface area (Å²) in [7, 11) is 0. The second-order valence-corrected chi connectivity index (χ2v) is 8.03. The molecule has 0 atom stereocenters. The SMILES string of the molecule is Fc1ccc(-c2nnc(SCCOc3ccc(Cl)cc3)n2Cc2ccccc2)cc1. The molecule has 0 spiro atoms. The maximum Gasteiger partial charge on any atom is 0.191 e. The van der Waals surface area contributed by atoms with Crippen molar-refractivity contribution in [1.82, 2.24) is 14.8 Å². The molecule has 0 radical (unpaired) electrons. The van der Waals surface area contributed by atoms with Crippen molar-refractivity contribution in [1.29, 1.82) is 0 Å². The summed E-state index contributed by atoms with van der Waals surface area (Å²) >= 11 is 7.47. The first-order chi connectivity index (χ1) is 14.7. The van der Waals surface area contributed by atoms with Gasteiger partial charge in [0, 0.05) is 16.3 Å². The van der Waals surface area contributed by atoms with Gasteiger partial charge in [-0.2, -0.15) is 0 Å². The number of nitrogens with zero attached hydrogens (tertiary/aromatic N) is 3. The fraction of sp³-hybridized carbons (Fsp3) is 0.130. The monoisotopic (exact) mass is 439 g/mol. The minimum absolute atomic E-state index is 0.276. The fourth-order valence-electron chi connectivity index (χ4n) is 2.94. The first-order valence-electron chi connectivity index (χ1n) is 9.43. The molecule has 0 saturated carbocycles. The average molecular weight is 440 g/mol. The van der Waals surface area contributed by atoms with E-state index in [1.807, 2.05) is 30.3 Å². The molecule has 0 aliphatic carbocycles. The molecule has 0 N–H and O–H groups in total. The molecule has 1 heterocycles. The molecule has 30 heavy (non-hydrogen) atoms. The lowest BCUT2D eigenvalue weighted by Gasteiger charge is -2.11. The Hall–Kier alpha value is -2.83. The number of ether oxygens (including phenoxy) is 1. The van der Waals surface area contributed by atoms with E-state index in [2.05, 4.69) is 26.9 Å². The zero-order valence-corrected chi connectivity index (χ0v) is 17.6. The van der Waals surface area contributed by atoms with Gasteiger partial charge in [-0.1, -0.05) is 53.7 Å². The Bertz CT molecular complexity index is 1090. The third-order valence-corrected chi connectivity index (χ3v) is 5.58. The van der Waals surface area contributed by atoms with Crippen molar-refractivity contribution in [2.45, 2.75) is 11.7 Å². The van der Waals surface area contributed by atoms with Gasteiger partial charge in [0.05, 0.1) is 13.2 Å². The molecule has 152 valence electrons. The summed E-state index contributed by atoms with van der Waals surface area (Å²) in [6, 6.07) is 23.7. The van der Waals surface area contributed by atoms with Crippen molar-refractivity contribution in [3.63, 3.8) is 0 Å². The summed E-state index contributed by atoms with van der Waals surface area (Å²) in [5, 5.41) is 10.2. The topological polar surface area (TPSA) is 39.9 Å². The number of hydrogen-bond donors (Lipinski definition) is 0. The summed E-state index contributed by atoms with van der Waals surface area (Å²) < 4.78 is 21.2. The van der Waals surface area contributed by atoms with E-state index in [1.54, 1.807) is 36.0 Å². The smallest absolute Gasteiger partial charge is 0.191 e. The van der Waals surface area contributed by atoms with Gasteiger partial charge in [-0.25, -0.2) is 4.39 Å². The second-order valence-electron chi connectivity index (χ2n) is 6.54. The van der Waals surface area contributed by atoms with Crippen LogP contribution in [0.15, 0.2) is 84.0 Å². The molecule has 0 bridgehead atoms. The highest BCUT2D eigenvalue weighted by molar-refractivity contribution is 7.99. The van der Waals surface area contributed by atoms with E-state index >= 15 is 0 Å². The molecule has 7 heteroatoms. The van der Waals surface area contributed by atoms with Crippen LogP contribution in [0.25, 0.3) is 11.4 Å². The number of rotatable bonds is 8. The highest BCUT2D eigenvalue weighted by atomic mass is 35.5. The summed E-state index contributed by atoms with van der Waals surface area (Å²) in [5.74, 6) is 1.92. The van der Waals surface area contributed by atoms with Crippen molar-refractivity contribution in [3.8, 4) is 17.1 Å². The molecule has 0 fully saturated rings. The van der Waals surface area contributed by atoms with Gasteiger partial charge >= 0.3 is 0 Å². The van der Waals surface area contributed by atoms with Crippen LogP contribution in [0.4, 0.5) is 4.39 Å². The zero-order chi connectivity index (χ0) is 20.8. The Morgan fingerprint density at radius 1 is 0.900 bits per heavy atom. The van der Waals surface area contributed by atoms with Crippen LogP contribution in [0.1, 0.15) is 5.56 Å². The zero-order valence-electron chi connectivity index (χ0n) is 16.0. The lowest BCUT2D eigenvalue weighted by atomic mass is 10.2. The Balaban J connectivity index is 1.50. The molecular weight excluding hydrogens is 421 g/mol. The highest BCUT2D eigenvalue weighted by Crippen LogP contribution is 2.26. The number of thioether (sulfide) groups is 1. The van der Waals surface area contributed by atoms with Gasteiger partial charge in [0.15, 0.2) is 11.0 Å². The predicted octanol–water partition coefficient (Wildman–Crippen LogP) is 5.96. The van der Waals surface area contributed by atoms with Crippen LogP contribution in [0.2, 0.25) is 5.02 Å². The molecule has 0 amide bonds. The Labute approximate surface area is 183 Å². The van der Waals surface area contributed by atoms with E-state index in [0.29, 0.717) is 29.8 Å². The minimum atomic E-state index is -0.276. The Morgan fingerprint density at radius 3 is 2.37 bits per heavy atom. The summed E-state index contributed by atoms with van der Waals surface area (Å²) in [6.07, 6.45) is 0. The molecule has 4 rings (SSSR count). The molecular formula is C23H19ClFN3OS. The van der Waals surface area contributed by atoms with E-state index in [0.717, 1.165) is 22.0 Å². The molecule has 0 saturated heterocycles. The van der Waals surface area contributed by atoms with Crippen LogP contribution in [-0.4, -0.2) is 27.1 Å². The van der Waals surface area contributed by atoms with E-state index in [4.69, 9.17) is 16.3 Å². The molecule has 4 nitrogen and oxygen atoms in total. The van der Waals surface area contributed by atoms with Crippen molar-refractivity contribution < 1.29 is 9.13 Å². The third-order valence-electron chi connectivity index (χ3n) is 4.40. The average Bonchev–Trinajstić information content (AvgIpc) is 3.16. The van der Waals surface area contributed by atoms with Gasteiger partial charge < -0.3 is 4.74 Å². The number of halogens is 2. The normalized spacial score (nSPS) is 10.9. The van der Waals surface area contributed by atoms with E-state index < -0.39 is 0 Å². The molecule has 0 aliphatic rings. The highest BCUT2D eigenvalue weighted by Gasteiger charge is 2.15. The van der Waals surface area contributed by atoms with Crippen LogP contribution in [-0.2, 0) is 6.54 Å². The molecule has 1 aromatic heterocycles. The first kappa shape index (κ1) is 20.4. The fourth-order valence-corrected chi connectivity index (χ4v) is 3.82. The van der Waals surface area contributed by atoms with E-state index in [-0.39, 0.29) is 5.82 Å². The lowest BCUT2D eigenvalue weighted by Crippen LogP contribution is -2.06. The van der Waals surface area contributed by atoms with Gasteiger partial charge in [-0.05, 0) is 54.1 Å². The largest absolute Gasteiger partial charge is 0.493 e. The third kappa shape index (κ3) is 5.20. The van der Waals surface area contributed by atoms with Crippen molar-refractivity contribution >= 4 is 23.4 Å². The van der Waals surface area contributed by atoms with E-state index in [9.17, 15) is 4.39 Å². The molecule has 3 aromatic carbocycles. The Kier molecular flexibility index (Phi) is 6.67. The van der Waals surface area contributed by atoms with Gasteiger partial charge in [0.25, 0.3) is 0 Å². The number of aromatic nitrogens is 3. The maximum absolute atomic E-state index is 13.4. The van der Waals surface area contributed by atoms with Gasteiger partial charge in [0.1, 0.15) is 11.6 Å². The van der Waals surface area contributed by atoms with Crippen LogP contribution in [0.5, 0.6) is 5.75 Å². The van der Waals surface area contributed by atoms with Crippen LogP contribution < -0.4 is 4.74 Å². The Morgan fingerprint density at radius 2 is 1.63 bits per heavy atom. The summed E-state index contributed by atoms with van der Waals surface area (Å²) in [4.78, 5) is 0. The van der Waals surface area contributed by atoms with Gasteiger partial charge in [0.2, 0.25) is 0 Å². The number of benzene rings is 3. The summed E-state index contributed by atoms with van der Waals surface area (Å²) in [5.41, 5.74) is 1.96. The maximum atomic E-state index is 13.4.